The van der Waals surface area contributed by atoms with Gasteiger partial charge < -0.3 is 19.6 Å². The van der Waals surface area contributed by atoms with Gasteiger partial charge in [0.1, 0.15) is 30.2 Å². The molecule has 2 N–H and O–H groups in total. The van der Waals surface area contributed by atoms with Crippen LogP contribution >= 0.6 is 0 Å². The van der Waals surface area contributed by atoms with Gasteiger partial charge in [-0.15, -0.1) is 0 Å². The summed E-state index contributed by atoms with van der Waals surface area (Å²) >= 11 is 0. The van der Waals surface area contributed by atoms with Gasteiger partial charge in [-0.1, -0.05) is 30.3 Å². The summed E-state index contributed by atoms with van der Waals surface area (Å²) in [7, 11) is -4.04. The Morgan fingerprint density at radius 1 is 1.07 bits per heavy atom. The second-order valence-electron chi connectivity index (χ2n) is 6.88. The first-order valence-electron chi connectivity index (χ1n) is 8.91. The molecule has 2 aliphatic rings. The summed E-state index contributed by atoms with van der Waals surface area (Å²) in [5.74, 6) is 0.659. The second kappa shape index (κ2) is 6.64. The molecule has 0 bridgehead atoms. The zero-order valence-electron chi connectivity index (χ0n) is 14.7. The largest absolute Gasteiger partial charge is 0.388 e. The summed E-state index contributed by atoms with van der Waals surface area (Å²) in [6, 6.07) is 14.2. The molecule has 28 heavy (non-hydrogen) atoms. The lowest BCUT2D eigenvalue weighted by atomic mass is 10.1. The fourth-order valence-corrected chi connectivity index (χ4v) is 4.72. The highest BCUT2D eigenvalue weighted by atomic mass is 32.2. The third kappa shape index (κ3) is 3.01. The number of imidazole rings is 1. The number of H-pyrrole nitrogens is 1. The highest BCUT2D eigenvalue weighted by molar-refractivity contribution is 7.86. The first kappa shape index (κ1) is 17.8. The van der Waals surface area contributed by atoms with Gasteiger partial charge in [-0.25, -0.2) is 4.98 Å². The maximum absolute atomic E-state index is 12.7. The molecule has 8 nitrogen and oxygen atoms in total. The van der Waals surface area contributed by atoms with Crippen molar-refractivity contribution < 1.29 is 27.2 Å². The normalized spacial score (nSPS) is 27.3. The van der Waals surface area contributed by atoms with Gasteiger partial charge in [0.15, 0.2) is 0 Å². The van der Waals surface area contributed by atoms with E-state index in [1.165, 1.54) is 12.1 Å². The average Bonchev–Trinajstić information content (AvgIpc) is 3.39. The van der Waals surface area contributed by atoms with Crippen LogP contribution in [0.5, 0.6) is 0 Å². The van der Waals surface area contributed by atoms with E-state index in [-0.39, 0.29) is 18.1 Å². The molecule has 0 amide bonds. The summed E-state index contributed by atoms with van der Waals surface area (Å²) in [5.41, 5.74) is 2.16. The van der Waals surface area contributed by atoms with E-state index in [9.17, 15) is 13.5 Å². The van der Waals surface area contributed by atoms with Crippen molar-refractivity contribution in [1.29, 1.82) is 0 Å². The lowest BCUT2D eigenvalue weighted by Crippen LogP contribution is -2.34. The molecule has 0 spiro atoms. The molecule has 3 heterocycles. The van der Waals surface area contributed by atoms with Crippen LogP contribution in [0.15, 0.2) is 53.4 Å². The summed E-state index contributed by atoms with van der Waals surface area (Å²) in [6.45, 7) is 0.160. The van der Waals surface area contributed by atoms with Crippen LogP contribution in [-0.2, 0) is 23.8 Å². The van der Waals surface area contributed by atoms with Crippen molar-refractivity contribution in [2.75, 3.05) is 13.2 Å². The molecule has 0 radical (unpaired) electrons. The van der Waals surface area contributed by atoms with E-state index >= 15 is 0 Å². The number of hydrogen-bond acceptors (Lipinski definition) is 7. The predicted octanol–water partition coefficient (Wildman–Crippen LogP) is 1.46. The summed E-state index contributed by atoms with van der Waals surface area (Å²) < 4.78 is 41.7. The van der Waals surface area contributed by atoms with Crippen molar-refractivity contribution in [3.63, 3.8) is 0 Å². The Labute approximate surface area is 161 Å². The van der Waals surface area contributed by atoms with Crippen molar-refractivity contribution in [3.05, 3.63) is 48.5 Å². The Hall–Kier alpha value is -2.30. The molecule has 0 saturated carbocycles. The molecule has 2 unspecified atom stereocenters. The fraction of sp³-hybridized carbons (Fsp3) is 0.316. The van der Waals surface area contributed by atoms with E-state index in [1.54, 1.807) is 6.07 Å². The van der Waals surface area contributed by atoms with Crippen molar-refractivity contribution in [2.45, 2.75) is 29.3 Å². The van der Waals surface area contributed by atoms with E-state index in [4.69, 9.17) is 13.7 Å². The fourth-order valence-electron chi connectivity index (χ4n) is 3.62. The average molecular weight is 402 g/mol. The lowest BCUT2D eigenvalue weighted by molar-refractivity contribution is 0.00979. The van der Waals surface area contributed by atoms with Crippen LogP contribution in [0.1, 0.15) is 0 Å². The minimum absolute atomic E-state index is 0.0188. The molecule has 3 aromatic rings. The van der Waals surface area contributed by atoms with Gasteiger partial charge in [-0.2, -0.15) is 8.42 Å². The third-order valence-electron chi connectivity index (χ3n) is 5.02. The zero-order chi connectivity index (χ0) is 19.3. The van der Waals surface area contributed by atoms with Crippen molar-refractivity contribution >= 4 is 21.2 Å². The van der Waals surface area contributed by atoms with Gasteiger partial charge in [0.2, 0.25) is 0 Å². The zero-order valence-corrected chi connectivity index (χ0v) is 15.5. The van der Waals surface area contributed by atoms with Crippen molar-refractivity contribution in [3.8, 4) is 11.4 Å². The Morgan fingerprint density at radius 3 is 2.68 bits per heavy atom. The summed E-state index contributed by atoms with van der Waals surface area (Å²) in [4.78, 5) is 7.67. The molecular weight excluding hydrogens is 384 g/mol. The summed E-state index contributed by atoms with van der Waals surface area (Å²) in [5, 5.41) is 9.78. The number of benzene rings is 2. The first-order chi connectivity index (χ1) is 13.5. The Balaban J connectivity index is 1.42. The topological polar surface area (TPSA) is 111 Å². The smallest absolute Gasteiger partial charge is 0.297 e. The quantitative estimate of drug-likeness (QED) is 0.636. The minimum Gasteiger partial charge on any atom is -0.388 e. The Morgan fingerprint density at radius 2 is 1.86 bits per heavy atom. The van der Waals surface area contributed by atoms with E-state index in [1.807, 2.05) is 30.3 Å². The number of rotatable bonds is 4. The molecule has 2 fully saturated rings. The van der Waals surface area contributed by atoms with E-state index in [2.05, 4.69) is 9.97 Å². The minimum atomic E-state index is -4.04. The van der Waals surface area contributed by atoms with Crippen LogP contribution in [0.4, 0.5) is 0 Å². The van der Waals surface area contributed by atoms with Crippen molar-refractivity contribution in [1.82, 2.24) is 9.97 Å². The van der Waals surface area contributed by atoms with Crippen molar-refractivity contribution in [2.24, 2.45) is 0 Å². The Bertz CT molecular complexity index is 1110. The maximum Gasteiger partial charge on any atom is 0.297 e. The Kier molecular flexibility index (Phi) is 4.22. The van der Waals surface area contributed by atoms with Gasteiger partial charge in [0, 0.05) is 5.56 Å². The molecule has 2 saturated heterocycles. The molecule has 2 aromatic carbocycles. The maximum atomic E-state index is 12.7. The number of fused-ring (bicyclic) bond motifs is 2. The molecular formula is C19H18N2O6S. The molecule has 9 heteroatoms. The van der Waals surface area contributed by atoms with Gasteiger partial charge in [-0.05, 0) is 18.2 Å². The number of aromatic amines is 1. The molecule has 2 aliphatic heterocycles. The molecule has 4 atom stereocenters. The van der Waals surface area contributed by atoms with Crippen LogP contribution in [0, 0.1) is 0 Å². The number of hydrogen-bond donors (Lipinski definition) is 2. The van der Waals surface area contributed by atoms with E-state index in [0.717, 1.165) is 5.56 Å². The van der Waals surface area contributed by atoms with Crippen LogP contribution in [0.25, 0.3) is 22.4 Å². The van der Waals surface area contributed by atoms with Gasteiger partial charge in [0.25, 0.3) is 10.1 Å². The van der Waals surface area contributed by atoms with Gasteiger partial charge in [-0.3, -0.25) is 4.18 Å². The first-order valence-corrected chi connectivity index (χ1v) is 10.3. The number of nitrogens with zero attached hydrogens (tertiary/aromatic N) is 1. The lowest BCUT2D eigenvalue weighted by Gasteiger charge is -2.16. The number of aliphatic hydroxyl groups excluding tert-OH is 1. The van der Waals surface area contributed by atoms with E-state index in [0.29, 0.717) is 16.9 Å². The van der Waals surface area contributed by atoms with Crippen LogP contribution < -0.4 is 0 Å². The SMILES string of the molecule is O=S(=O)(O[C@@H]1COC2C1OC[C@@H]2O)c1ccc2nc(-c3ccccc3)[nH]c2c1. The highest BCUT2D eigenvalue weighted by Gasteiger charge is 2.49. The van der Waals surface area contributed by atoms with Crippen LogP contribution in [-0.4, -0.2) is 61.1 Å². The van der Waals surface area contributed by atoms with E-state index < -0.39 is 34.5 Å². The third-order valence-corrected chi connectivity index (χ3v) is 6.35. The molecule has 0 aliphatic carbocycles. The molecule has 146 valence electrons. The predicted molar refractivity (Wildman–Crippen MR) is 99.1 cm³/mol. The van der Waals surface area contributed by atoms with Gasteiger partial charge in [0.05, 0.1) is 29.1 Å². The summed E-state index contributed by atoms with van der Waals surface area (Å²) in [6.07, 6.45) is -2.70. The number of ether oxygens (including phenoxy) is 2. The number of nitrogens with one attached hydrogen (secondary N) is 1. The van der Waals surface area contributed by atoms with Crippen LogP contribution in [0.3, 0.4) is 0 Å². The number of aromatic nitrogens is 2. The standard InChI is InChI=1S/C19H18N2O6S/c22-15-9-25-18-16(10-26-17(15)18)27-28(23,24)12-6-7-13-14(8-12)21-19(20-13)11-4-2-1-3-5-11/h1-8,15-18,22H,9-10H2,(H,20,21)/t15-,16+,17?,18?/m0/s1. The monoisotopic (exact) mass is 402 g/mol. The number of aliphatic hydroxyl groups is 1. The van der Waals surface area contributed by atoms with Crippen LogP contribution in [0.2, 0.25) is 0 Å². The highest BCUT2D eigenvalue weighted by Crippen LogP contribution is 2.31. The second-order valence-corrected chi connectivity index (χ2v) is 8.45. The molecule has 5 rings (SSSR count). The van der Waals surface area contributed by atoms with Gasteiger partial charge >= 0.3 is 0 Å². The molecule has 1 aromatic heterocycles.